The van der Waals surface area contributed by atoms with Crippen LogP contribution in [0.4, 0.5) is 10.7 Å². The van der Waals surface area contributed by atoms with Crippen LogP contribution in [0.3, 0.4) is 0 Å². The number of aromatic nitrogens is 2. The van der Waals surface area contributed by atoms with Crippen molar-refractivity contribution in [2.75, 3.05) is 18.0 Å². The van der Waals surface area contributed by atoms with Crippen LogP contribution >= 0.6 is 0 Å². The second kappa shape index (κ2) is 8.23. The highest BCUT2D eigenvalue weighted by atomic mass is 16.6. The Kier molecular flexibility index (Phi) is 6.30. The molecule has 1 aliphatic rings. The van der Waals surface area contributed by atoms with E-state index >= 15 is 0 Å². The van der Waals surface area contributed by atoms with Crippen molar-refractivity contribution in [1.82, 2.24) is 9.55 Å². The Morgan fingerprint density at radius 3 is 2.62 bits per heavy atom. The summed E-state index contributed by atoms with van der Waals surface area (Å²) in [5.41, 5.74) is 0.433. The number of unbranched alkanes of at least 4 members (excludes halogenated alkanes) is 3. The van der Waals surface area contributed by atoms with Gasteiger partial charge in [0.1, 0.15) is 5.60 Å². The number of carbonyl (C=O) groups excluding carboxylic acids is 1. The van der Waals surface area contributed by atoms with E-state index in [1.54, 1.807) is 4.57 Å². The second-order valence-corrected chi connectivity index (χ2v) is 7.34. The zero-order valence-electron chi connectivity index (χ0n) is 15.2. The molecule has 0 N–H and O–H groups in total. The van der Waals surface area contributed by atoms with Crippen molar-refractivity contribution in [2.24, 2.45) is 0 Å². The van der Waals surface area contributed by atoms with Crippen LogP contribution in [0.2, 0.25) is 0 Å². The zero-order chi connectivity index (χ0) is 17.6. The van der Waals surface area contributed by atoms with Gasteiger partial charge in [0.05, 0.1) is 5.69 Å². The molecule has 1 aliphatic heterocycles. The van der Waals surface area contributed by atoms with E-state index in [1.807, 2.05) is 27.0 Å². The topological polar surface area (TPSA) is 47.4 Å². The molecule has 24 heavy (non-hydrogen) atoms. The van der Waals surface area contributed by atoms with Gasteiger partial charge in [0.25, 0.3) is 0 Å². The summed E-state index contributed by atoms with van der Waals surface area (Å²) < 4.78 is 7.11. The molecule has 0 saturated carbocycles. The third-order valence-corrected chi connectivity index (χ3v) is 3.97. The maximum absolute atomic E-state index is 12.5. The molecule has 0 spiro atoms. The van der Waals surface area contributed by atoms with Crippen molar-refractivity contribution in [2.45, 2.75) is 71.3 Å². The minimum atomic E-state index is -0.515. The molecule has 1 aromatic rings. The van der Waals surface area contributed by atoms with E-state index in [9.17, 15) is 4.79 Å². The van der Waals surface area contributed by atoms with E-state index in [-0.39, 0.29) is 6.09 Å². The number of aryl methyl sites for hydroxylation is 1. The number of carbonyl (C=O) groups is 1. The third kappa shape index (κ3) is 5.30. The maximum atomic E-state index is 12.5. The number of hydrogen-bond acceptors (Lipinski definition) is 4. The van der Waals surface area contributed by atoms with Gasteiger partial charge in [-0.3, -0.25) is 0 Å². The van der Waals surface area contributed by atoms with Gasteiger partial charge in [-0.1, -0.05) is 6.42 Å². The van der Waals surface area contributed by atoms with Crippen LogP contribution in [-0.4, -0.2) is 34.3 Å². The van der Waals surface area contributed by atoms with E-state index in [0.717, 1.165) is 69.7 Å². The van der Waals surface area contributed by atoms with Gasteiger partial charge in [0, 0.05) is 25.7 Å². The molecule has 0 aliphatic carbocycles. The number of rotatable bonds is 6. The molecule has 0 radical (unpaired) electrons. The molecule has 5 heteroatoms. The third-order valence-electron chi connectivity index (χ3n) is 3.97. The highest BCUT2D eigenvalue weighted by Gasteiger charge is 2.25. The largest absolute Gasteiger partial charge is 0.443 e. The lowest BCUT2D eigenvalue weighted by atomic mass is 10.1. The van der Waals surface area contributed by atoms with E-state index in [1.165, 1.54) is 0 Å². The summed E-state index contributed by atoms with van der Waals surface area (Å²) in [4.78, 5) is 19.4. The summed E-state index contributed by atoms with van der Waals surface area (Å²) in [7, 11) is 0. The van der Waals surface area contributed by atoms with Crippen LogP contribution in [0, 0.1) is 12.3 Å². The smallest absolute Gasteiger partial charge is 0.421 e. The van der Waals surface area contributed by atoms with E-state index < -0.39 is 5.60 Å². The lowest BCUT2D eigenvalue weighted by Crippen LogP contribution is -2.30. The Bertz CT molecular complexity index is 587. The molecule has 2 heterocycles. The average molecular weight is 331 g/mol. The standard InChI is InChI=1S/C19H29N3O2/c1-5-6-7-8-9-12-16-15-22(18(23)24-19(2,3)4)17(20-16)21-13-10-11-14-21/h1,15H,6-14H2,2-4H3. The zero-order valence-corrected chi connectivity index (χ0v) is 15.2. The van der Waals surface area contributed by atoms with Crippen molar-refractivity contribution >= 4 is 12.0 Å². The fourth-order valence-electron chi connectivity index (χ4n) is 2.83. The molecule has 0 aromatic carbocycles. The van der Waals surface area contributed by atoms with Crippen LogP contribution in [0.5, 0.6) is 0 Å². The summed E-state index contributed by atoms with van der Waals surface area (Å²) in [5.74, 6) is 3.39. The highest BCUT2D eigenvalue weighted by Crippen LogP contribution is 2.22. The first kappa shape index (κ1) is 18.4. The number of imidazole rings is 1. The molecule has 0 atom stereocenters. The minimum Gasteiger partial charge on any atom is -0.443 e. The summed E-state index contributed by atoms with van der Waals surface area (Å²) >= 11 is 0. The number of terminal acetylenes is 1. The van der Waals surface area contributed by atoms with Crippen molar-refractivity contribution < 1.29 is 9.53 Å². The summed E-state index contributed by atoms with van der Waals surface area (Å²) in [5, 5.41) is 0. The quantitative estimate of drug-likeness (QED) is 0.584. The molecule has 1 fully saturated rings. The highest BCUT2D eigenvalue weighted by molar-refractivity contribution is 5.75. The lowest BCUT2D eigenvalue weighted by Gasteiger charge is -2.22. The Morgan fingerprint density at radius 1 is 1.29 bits per heavy atom. The maximum Gasteiger partial charge on any atom is 0.421 e. The molecule has 5 nitrogen and oxygen atoms in total. The van der Waals surface area contributed by atoms with Gasteiger partial charge < -0.3 is 9.64 Å². The lowest BCUT2D eigenvalue weighted by molar-refractivity contribution is 0.0539. The van der Waals surface area contributed by atoms with Crippen LogP contribution in [0.15, 0.2) is 6.20 Å². The first-order chi connectivity index (χ1) is 11.4. The van der Waals surface area contributed by atoms with Crippen molar-refractivity contribution in [3.05, 3.63) is 11.9 Å². The first-order valence-electron chi connectivity index (χ1n) is 8.91. The Balaban J connectivity index is 2.08. The van der Waals surface area contributed by atoms with Gasteiger partial charge in [-0.25, -0.2) is 14.3 Å². The normalized spacial score (nSPS) is 14.7. The van der Waals surface area contributed by atoms with Crippen LogP contribution in [-0.2, 0) is 11.2 Å². The molecule has 0 amide bonds. The Morgan fingerprint density at radius 2 is 2.00 bits per heavy atom. The molecule has 0 unspecified atom stereocenters. The summed E-state index contributed by atoms with van der Waals surface area (Å²) in [6, 6.07) is 0. The SMILES string of the molecule is C#CCCCCCc1cn(C(=O)OC(C)(C)C)c(N2CCCC2)n1. The molecular weight excluding hydrogens is 302 g/mol. The van der Waals surface area contributed by atoms with Crippen molar-refractivity contribution in [1.29, 1.82) is 0 Å². The van der Waals surface area contributed by atoms with Crippen molar-refractivity contribution in [3.63, 3.8) is 0 Å². The van der Waals surface area contributed by atoms with Gasteiger partial charge in [-0.05, 0) is 52.9 Å². The molecule has 1 aromatic heterocycles. The van der Waals surface area contributed by atoms with Crippen LogP contribution in [0.25, 0.3) is 0 Å². The number of hydrogen-bond donors (Lipinski definition) is 0. The molecule has 2 rings (SSSR count). The predicted octanol–water partition coefficient (Wildman–Crippen LogP) is 4.00. The average Bonchev–Trinajstić information content (AvgIpc) is 3.14. The minimum absolute atomic E-state index is 0.351. The fraction of sp³-hybridized carbons (Fsp3) is 0.684. The summed E-state index contributed by atoms with van der Waals surface area (Å²) in [6.07, 6.45) is 13.9. The van der Waals surface area contributed by atoms with Gasteiger partial charge in [-0.15, -0.1) is 12.3 Å². The van der Waals surface area contributed by atoms with Crippen LogP contribution < -0.4 is 4.90 Å². The molecule has 132 valence electrons. The van der Waals surface area contributed by atoms with E-state index in [0.29, 0.717) is 0 Å². The number of nitrogens with zero attached hydrogens (tertiary/aromatic N) is 3. The van der Waals surface area contributed by atoms with Gasteiger partial charge in [-0.2, -0.15) is 0 Å². The fourth-order valence-corrected chi connectivity index (χ4v) is 2.83. The molecule has 0 bridgehead atoms. The second-order valence-electron chi connectivity index (χ2n) is 7.34. The predicted molar refractivity (Wildman–Crippen MR) is 96.3 cm³/mol. The van der Waals surface area contributed by atoms with E-state index in [4.69, 9.17) is 16.1 Å². The Labute approximate surface area is 145 Å². The molecular formula is C19H29N3O2. The summed E-state index contributed by atoms with van der Waals surface area (Å²) in [6.45, 7) is 7.53. The van der Waals surface area contributed by atoms with E-state index in [2.05, 4.69) is 10.8 Å². The monoisotopic (exact) mass is 331 g/mol. The van der Waals surface area contributed by atoms with Crippen LogP contribution in [0.1, 0.15) is 65.0 Å². The van der Waals surface area contributed by atoms with Gasteiger partial charge >= 0.3 is 6.09 Å². The number of anilines is 1. The molecule has 1 saturated heterocycles. The first-order valence-corrected chi connectivity index (χ1v) is 8.91. The van der Waals surface area contributed by atoms with Gasteiger partial charge in [0.15, 0.2) is 0 Å². The number of ether oxygens (including phenoxy) is 1. The van der Waals surface area contributed by atoms with Gasteiger partial charge in [0.2, 0.25) is 5.95 Å². The Hall–Kier alpha value is -1.96. The van der Waals surface area contributed by atoms with Crippen molar-refractivity contribution in [3.8, 4) is 12.3 Å².